The van der Waals surface area contributed by atoms with Crippen LogP contribution >= 0.6 is 11.6 Å². The molecule has 1 atom stereocenters. The fourth-order valence-corrected chi connectivity index (χ4v) is 1.70. The lowest BCUT2D eigenvalue weighted by Gasteiger charge is -2.13. The van der Waals surface area contributed by atoms with E-state index < -0.39 is 0 Å². The van der Waals surface area contributed by atoms with Crippen molar-refractivity contribution in [2.45, 2.75) is 13.3 Å². The molecule has 0 spiro atoms. The van der Waals surface area contributed by atoms with Crippen molar-refractivity contribution in [1.29, 1.82) is 0 Å². The molecule has 0 radical (unpaired) electrons. The van der Waals surface area contributed by atoms with Crippen molar-refractivity contribution >= 4 is 11.6 Å². The highest BCUT2D eigenvalue weighted by Crippen LogP contribution is 2.33. The molecule has 0 saturated heterocycles. The highest BCUT2D eigenvalue weighted by molar-refractivity contribution is 6.32. The van der Waals surface area contributed by atoms with Gasteiger partial charge in [0.15, 0.2) is 0 Å². The van der Waals surface area contributed by atoms with Crippen molar-refractivity contribution in [3.05, 3.63) is 22.7 Å². The summed E-state index contributed by atoms with van der Waals surface area (Å²) in [6.07, 6.45) is 6.11. The van der Waals surface area contributed by atoms with Crippen molar-refractivity contribution < 1.29 is 9.47 Å². The second kappa shape index (κ2) is 5.67. The van der Waals surface area contributed by atoms with E-state index in [9.17, 15) is 0 Å². The molecule has 0 aliphatic rings. The largest absolute Gasteiger partial charge is 0.496 e. The molecule has 0 aliphatic carbocycles. The van der Waals surface area contributed by atoms with E-state index >= 15 is 0 Å². The highest BCUT2D eigenvalue weighted by atomic mass is 35.5. The lowest BCUT2D eigenvalue weighted by Crippen LogP contribution is -2.00. The Labute approximate surface area is 102 Å². The topological polar surface area (TPSA) is 18.5 Å². The van der Waals surface area contributed by atoms with Crippen molar-refractivity contribution in [3.63, 3.8) is 0 Å². The molecule has 0 N–H and O–H groups in total. The van der Waals surface area contributed by atoms with Crippen LogP contribution in [0, 0.1) is 18.3 Å². The minimum Gasteiger partial charge on any atom is -0.496 e. The first-order valence-corrected chi connectivity index (χ1v) is 5.36. The van der Waals surface area contributed by atoms with Gasteiger partial charge in [-0.25, -0.2) is 0 Å². The molecule has 1 unspecified atom stereocenters. The van der Waals surface area contributed by atoms with Gasteiger partial charge in [-0.1, -0.05) is 18.5 Å². The molecular formula is C13H15ClO2. The molecule has 0 saturated carbocycles. The third kappa shape index (κ3) is 2.84. The average molecular weight is 239 g/mol. The summed E-state index contributed by atoms with van der Waals surface area (Å²) in [7, 11) is 3.20. The zero-order chi connectivity index (χ0) is 12.1. The number of rotatable bonds is 4. The molecule has 0 bridgehead atoms. The van der Waals surface area contributed by atoms with Gasteiger partial charge in [-0.15, -0.1) is 12.3 Å². The van der Waals surface area contributed by atoms with Crippen LogP contribution in [0.15, 0.2) is 12.1 Å². The molecule has 1 aromatic rings. The van der Waals surface area contributed by atoms with E-state index in [4.69, 9.17) is 27.5 Å². The molecule has 1 aromatic carbocycles. The molecular weight excluding hydrogens is 224 g/mol. The summed E-state index contributed by atoms with van der Waals surface area (Å²) in [5, 5.41) is 0.538. The standard InChI is InChI=1S/C13H15ClO2/c1-5-9(2)6-10-7-13(16-4)11(14)8-12(10)15-3/h1,7-9H,6H2,2-4H3. The third-order valence-corrected chi connectivity index (χ3v) is 2.66. The molecule has 16 heavy (non-hydrogen) atoms. The van der Waals surface area contributed by atoms with Gasteiger partial charge >= 0.3 is 0 Å². The first-order chi connectivity index (χ1) is 7.62. The normalized spacial score (nSPS) is 11.7. The fourth-order valence-electron chi connectivity index (χ4n) is 1.47. The second-order valence-corrected chi connectivity index (χ2v) is 3.98. The Bertz CT molecular complexity index is 407. The van der Waals surface area contributed by atoms with E-state index in [1.165, 1.54) is 0 Å². The monoisotopic (exact) mass is 238 g/mol. The van der Waals surface area contributed by atoms with Crippen molar-refractivity contribution in [2.24, 2.45) is 5.92 Å². The lowest BCUT2D eigenvalue weighted by atomic mass is 10.0. The van der Waals surface area contributed by atoms with Crippen LogP contribution in [0.5, 0.6) is 11.5 Å². The van der Waals surface area contributed by atoms with E-state index in [0.717, 1.165) is 17.7 Å². The van der Waals surface area contributed by atoms with Gasteiger partial charge in [0.05, 0.1) is 19.2 Å². The van der Waals surface area contributed by atoms with Crippen molar-refractivity contribution in [3.8, 4) is 23.8 Å². The Morgan fingerprint density at radius 2 is 1.94 bits per heavy atom. The molecule has 0 fully saturated rings. The molecule has 0 aliphatic heterocycles. The van der Waals surface area contributed by atoms with Gasteiger partial charge in [0, 0.05) is 12.0 Å². The molecule has 3 heteroatoms. The first kappa shape index (κ1) is 12.7. The number of hydrogen-bond donors (Lipinski definition) is 0. The van der Waals surface area contributed by atoms with Crippen LogP contribution in [0.3, 0.4) is 0 Å². The van der Waals surface area contributed by atoms with E-state index in [2.05, 4.69) is 5.92 Å². The van der Waals surface area contributed by atoms with Gasteiger partial charge in [-0.05, 0) is 18.1 Å². The number of hydrogen-bond acceptors (Lipinski definition) is 2. The summed E-state index contributed by atoms with van der Waals surface area (Å²) in [6, 6.07) is 3.62. The fraction of sp³-hybridized carbons (Fsp3) is 0.385. The maximum absolute atomic E-state index is 6.01. The van der Waals surface area contributed by atoms with Crippen LogP contribution in [0.1, 0.15) is 12.5 Å². The molecule has 2 nitrogen and oxygen atoms in total. The van der Waals surface area contributed by atoms with Gasteiger partial charge in [-0.3, -0.25) is 0 Å². The van der Waals surface area contributed by atoms with Gasteiger partial charge in [0.2, 0.25) is 0 Å². The van der Waals surface area contributed by atoms with Gasteiger partial charge in [-0.2, -0.15) is 0 Å². The second-order valence-electron chi connectivity index (χ2n) is 3.57. The van der Waals surface area contributed by atoms with Crippen LogP contribution in [0.25, 0.3) is 0 Å². The molecule has 0 heterocycles. The maximum atomic E-state index is 6.01. The number of benzene rings is 1. The van der Waals surface area contributed by atoms with Crippen LogP contribution in [0.4, 0.5) is 0 Å². The Kier molecular flexibility index (Phi) is 4.52. The smallest absolute Gasteiger partial charge is 0.137 e. The van der Waals surface area contributed by atoms with Crippen molar-refractivity contribution in [1.82, 2.24) is 0 Å². The Morgan fingerprint density at radius 1 is 1.31 bits per heavy atom. The molecule has 0 amide bonds. The van der Waals surface area contributed by atoms with Crippen LogP contribution < -0.4 is 9.47 Å². The van der Waals surface area contributed by atoms with Gasteiger partial charge in [0.25, 0.3) is 0 Å². The molecule has 1 rings (SSSR count). The average Bonchev–Trinajstić information content (AvgIpc) is 2.30. The summed E-state index contributed by atoms with van der Waals surface area (Å²) in [5.74, 6) is 4.22. The lowest BCUT2D eigenvalue weighted by molar-refractivity contribution is 0.397. The summed E-state index contributed by atoms with van der Waals surface area (Å²) in [6.45, 7) is 1.99. The first-order valence-electron chi connectivity index (χ1n) is 4.98. The van der Waals surface area contributed by atoms with E-state index in [0.29, 0.717) is 10.8 Å². The Morgan fingerprint density at radius 3 is 2.44 bits per heavy atom. The highest BCUT2D eigenvalue weighted by Gasteiger charge is 2.11. The van der Waals surface area contributed by atoms with E-state index in [1.807, 2.05) is 13.0 Å². The number of terminal acetylenes is 1. The van der Waals surface area contributed by atoms with Gasteiger partial charge < -0.3 is 9.47 Å². The summed E-state index contributed by atoms with van der Waals surface area (Å²) < 4.78 is 10.4. The minimum atomic E-state index is 0.153. The van der Waals surface area contributed by atoms with Crippen LogP contribution in [-0.4, -0.2) is 14.2 Å². The SMILES string of the molecule is C#CC(C)Cc1cc(OC)c(Cl)cc1OC. The summed E-state index contributed by atoms with van der Waals surface area (Å²) in [5.41, 5.74) is 1.01. The Hall–Kier alpha value is -1.33. The van der Waals surface area contributed by atoms with Gasteiger partial charge in [0.1, 0.15) is 11.5 Å². The molecule has 86 valence electrons. The minimum absolute atomic E-state index is 0.153. The van der Waals surface area contributed by atoms with Crippen LogP contribution in [0.2, 0.25) is 5.02 Å². The predicted molar refractivity (Wildman–Crippen MR) is 66.3 cm³/mol. The van der Waals surface area contributed by atoms with E-state index in [-0.39, 0.29) is 5.92 Å². The van der Waals surface area contributed by atoms with Crippen LogP contribution in [-0.2, 0) is 6.42 Å². The summed E-state index contributed by atoms with van der Waals surface area (Å²) in [4.78, 5) is 0. The number of methoxy groups -OCH3 is 2. The number of ether oxygens (including phenoxy) is 2. The molecule has 0 aromatic heterocycles. The maximum Gasteiger partial charge on any atom is 0.137 e. The zero-order valence-electron chi connectivity index (χ0n) is 9.71. The summed E-state index contributed by atoms with van der Waals surface area (Å²) >= 11 is 6.01. The Balaban J connectivity index is 3.10. The van der Waals surface area contributed by atoms with Crippen molar-refractivity contribution in [2.75, 3.05) is 14.2 Å². The number of halogens is 1. The quantitative estimate of drug-likeness (QED) is 0.751. The van der Waals surface area contributed by atoms with E-state index in [1.54, 1.807) is 20.3 Å². The zero-order valence-corrected chi connectivity index (χ0v) is 10.5. The predicted octanol–water partition coefficient (Wildman–Crippen LogP) is 3.17. The third-order valence-electron chi connectivity index (χ3n) is 2.37.